The van der Waals surface area contributed by atoms with Gasteiger partial charge in [0.05, 0.1) is 6.10 Å². The Labute approximate surface area is 82.7 Å². The second-order valence-electron chi connectivity index (χ2n) is 3.07. The van der Waals surface area contributed by atoms with Crippen LogP contribution in [0.2, 0.25) is 0 Å². The molecule has 2 unspecified atom stereocenters. The van der Waals surface area contributed by atoms with Crippen molar-refractivity contribution in [2.24, 2.45) is 0 Å². The molecule has 0 aliphatic carbocycles. The van der Waals surface area contributed by atoms with Crippen LogP contribution in [0.5, 0.6) is 0 Å². The van der Waals surface area contributed by atoms with Crippen LogP contribution in [0.1, 0.15) is 27.2 Å². The molecule has 76 valence electrons. The third kappa shape index (κ3) is 4.24. The Balaban J connectivity index is 4.12. The van der Waals surface area contributed by atoms with Gasteiger partial charge in [-0.3, -0.25) is 0 Å². The average Bonchev–Trinajstić information content (AvgIpc) is 2.12. The molecule has 0 rings (SSSR count). The van der Waals surface area contributed by atoms with E-state index in [0.29, 0.717) is 16.1 Å². The van der Waals surface area contributed by atoms with Gasteiger partial charge in [0, 0.05) is 5.57 Å². The predicted molar refractivity (Wildman–Crippen MR) is 55.5 cm³/mol. The van der Waals surface area contributed by atoms with Crippen molar-refractivity contribution >= 4 is 16.5 Å². The Morgan fingerprint density at radius 2 is 2.15 bits per heavy atom. The zero-order chi connectivity index (χ0) is 10.4. The van der Waals surface area contributed by atoms with Crippen LogP contribution in [-0.2, 0) is 14.0 Å². The molecule has 4 heteroatoms. The van der Waals surface area contributed by atoms with E-state index in [1.54, 1.807) is 6.92 Å². The summed E-state index contributed by atoms with van der Waals surface area (Å²) in [5, 5.41) is 0. The minimum atomic E-state index is -0.336. The molecule has 0 saturated heterocycles. The second kappa shape index (κ2) is 5.94. The number of hydrogen-bond donors (Lipinski definition) is 0. The van der Waals surface area contributed by atoms with Crippen LogP contribution in [0, 0.1) is 0 Å². The number of hydrogen-bond acceptors (Lipinski definition) is 3. The first-order valence-corrected chi connectivity index (χ1v) is 5.23. The molecule has 0 aromatic heterocycles. The Morgan fingerprint density at radius 3 is 2.46 bits per heavy atom. The molecule has 0 fully saturated rings. The first-order valence-electron chi connectivity index (χ1n) is 4.42. The first-order chi connectivity index (χ1) is 6.02. The molecule has 0 N–H and O–H groups in total. The fourth-order valence-corrected chi connectivity index (χ4v) is 1.20. The summed E-state index contributed by atoms with van der Waals surface area (Å²) in [5.41, 5.74) is 0.430. The fraction of sp³-hybridized carbons (Fsp3) is 0.667. The normalized spacial score (nSPS) is 15.0. The standard InChI is InChI=1S/C9H18O3Si/c1-5-8(7(4)12-13)11-9(10)6(2)3/h7-8H,2,5H2,1,3-4,13H3. The molecule has 13 heavy (non-hydrogen) atoms. The van der Waals surface area contributed by atoms with Gasteiger partial charge in [-0.2, -0.15) is 0 Å². The van der Waals surface area contributed by atoms with Crippen LogP contribution in [-0.4, -0.2) is 28.7 Å². The van der Waals surface area contributed by atoms with E-state index in [1.807, 2.05) is 13.8 Å². The summed E-state index contributed by atoms with van der Waals surface area (Å²) in [4.78, 5) is 11.2. The minimum Gasteiger partial charge on any atom is -0.456 e. The third-order valence-electron chi connectivity index (χ3n) is 1.90. The van der Waals surface area contributed by atoms with E-state index in [1.165, 1.54) is 0 Å². The van der Waals surface area contributed by atoms with Crippen molar-refractivity contribution in [3.63, 3.8) is 0 Å². The van der Waals surface area contributed by atoms with Crippen molar-refractivity contribution in [1.29, 1.82) is 0 Å². The molecule has 0 aliphatic rings. The van der Waals surface area contributed by atoms with E-state index in [4.69, 9.17) is 9.16 Å². The smallest absolute Gasteiger partial charge is 0.333 e. The highest BCUT2D eigenvalue weighted by Crippen LogP contribution is 2.09. The van der Waals surface area contributed by atoms with E-state index in [0.717, 1.165) is 6.42 Å². The molecule has 0 radical (unpaired) electrons. The van der Waals surface area contributed by atoms with Crippen LogP contribution in [0.15, 0.2) is 12.2 Å². The lowest BCUT2D eigenvalue weighted by Gasteiger charge is -2.22. The van der Waals surface area contributed by atoms with Crippen molar-refractivity contribution in [2.45, 2.75) is 39.4 Å². The molecular formula is C9H18O3Si. The molecule has 3 nitrogen and oxygen atoms in total. The summed E-state index contributed by atoms with van der Waals surface area (Å²) in [6.07, 6.45) is 0.601. The highest BCUT2D eigenvalue weighted by Gasteiger charge is 2.18. The Kier molecular flexibility index (Phi) is 5.66. The van der Waals surface area contributed by atoms with Crippen LogP contribution < -0.4 is 0 Å². The number of rotatable bonds is 5. The topological polar surface area (TPSA) is 35.5 Å². The Hall–Kier alpha value is -0.613. The summed E-state index contributed by atoms with van der Waals surface area (Å²) in [7, 11) is 0.658. The van der Waals surface area contributed by atoms with Crippen LogP contribution in [0.3, 0.4) is 0 Å². The molecule has 0 heterocycles. The monoisotopic (exact) mass is 202 g/mol. The largest absolute Gasteiger partial charge is 0.456 e. The molecule has 2 atom stereocenters. The highest BCUT2D eigenvalue weighted by molar-refractivity contribution is 5.98. The van der Waals surface area contributed by atoms with Gasteiger partial charge >= 0.3 is 5.97 Å². The van der Waals surface area contributed by atoms with Gasteiger partial charge in [-0.25, -0.2) is 4.79 Å². The van der Waals surface area contributed by atoms with Crippen LogP contribution in [0.4, 0.5) is 0 Å². The zero-order valence-corrected chi connectivity index (χ0v) is 10.8. The molecular weight excluding hydrogens is 184 g/mol. The minimum absolute atomic E-state index is 0.0139. The van der Waals surface area contributed by atoms with Gasteiger partial charge in [-0.05, 0) is 20.3 Å². The summed E-state index contributed by atoms with van der Waals surface area (Å²) < 4.78 is 10.4. The van der Waals surface area contributed by atoms with Crippen LogP contribution in [0.25, 0.3) is 0 Å². The predicted octanol–water partition coefficient (Wildman–Crippen LogP) is 0.570. The highest BCUT2D eigenvalue weighted by atomic mass is 28.2. The lowest BCUT2D eigenvalue weighted by molar-refractivity contribution is -0.148. The van der Waals surface area contributed by atoms with E-state index in [-0.39, 0.29) is 18.2 Å². The SMILES string of the molecule is C=C(C)C(=O)OC(CC)C(C)O[SiH3]. The molecule has 0 aromatic rings. The molecule has 0 bridgehead atoms. The van der Waals surface area contributed by atoms with Gasteiger partial charge in [0.2, 0.25) is 0 Å². The summed E-state index contributed by atoms with van der Waals surface area (Å²) in [6.45, 7) is 9.04. The van der Waals surface area contributed by atoms with Gasteiger partial charge in [0.1, 0.15) is 16.6 Å². The Morgan fingerprint density at radius 1 is 1.62 bits per heavy atom. The van der Waals surface area contributed by atoms with Crippen molar-refractivity contribution in [3.8, 4) is 0 Å². The van der Waals surface area contributed by atoms with E-state index in [9.17, 15) is 4.79 Å². The van der Waals surface area contributed by atoms with E-state index in [2.05, 4.69) is 6.58 Å². The van der Waals surface area contributed by atoms with Gasteiger partial charge < -0.3 is 9.16 Å². The summed E-state index contributed by atoms with van der Waals surface area (Å²) in [5.74, 6) is -0.336. The molecule has 0 amide bonds. The van der Waals surface area contributed by atoms with Gasteiger partial charge in [-0.1, -0.05) is 13.5 Å². The molecule has 0 spiro atoms. The number of ether oxygens (including phenoxy) is 1. The maximum atomic E-state index is 11.2. The summed E-state index contributed by atoms with van der Waals surface area (Å²) >= 11 is 0. The van der Waals surface area contributed by atoms with Crippen LogP contribution >= 0.6 is 0 Å². The quantitative estimate of drug-likeness (QED) is 0.371. The second-order valence-corrected chi connectivity index (χ2v) is 3.54. The fourth-order valence-electron chi connectivity index (χ4n) is 0.901. The molecule has 0 saturated carbocycles. The zero-order valence-electron chi connectivity index (χ0n) is 8.79. The van der Waals surface area contributed by atoms with Crippen molar-refractivity contribution in [1.82, 2.24) is 0 Å². The maximum absolute atomic E-state index is 11.2. The lowest BCUT2D eigenvalue weighted by Crippen LogP contribution is -2.30. The third-order valence-corrected chi connectivity index (χ3v) is 2.65. The first kappa shape index (κ1) is 12.4. The molecule has 0 aliphatic heterocycles. The lowest BCUT2D eigenvalue weighted by atomic mass is 10.2. The Bertz CT molecular complexity index is 191. The van der Waals surface area contributed by atoms with Gasteiger partial charge in [0.15, 0.2) is 0 Å². The van der Waals surface area contributed by atoms with Gasteiger partial charge in [-0.15, -0.1) is 0 Å². The number of carbonyl (C=O) groups excluding carboxylic acids is 1. The van der Waals surface area contributed by atoms with E-state index < -0.39 is 0 Å². The van der Waals surface area contributed by atoms with Crippen molar-refractivity contribution < 1.29 is 14.0 Å². The maximum Gasteiger partial charge on any atom is 0.333 e. The molecule has 0 aromatic carbocycles. The van der Waals surface area contributed by atoms with Crippen molar-refractivity contribution in [3.05, 3.63) is 12.2 Å². The van der Waals surface area contributed by atoms with E-state index >= 15 is 0 Å². The number of esters is 1. The summed E-state index contributed by atoms with van der Waals surface area (Å²) in [6, 6.07) is 0. The average molecular weight is 202 g/mol. The van der Waals surface area contributed by atoms with Gasteiger partial charge in [0.25, 0.3) is 0 Å². The van der Waals surface area contributed by atoms with Crippen molar-refractivity contribution in [2.75, 3.05) is 0 Å². The number of carbonyl (C=O) groups is 1.